The molecule has 11 rings (SSSR count). The molecule has 0 fully saturated rings. The van der Waals surface area contributed by atoms with Gasteiger partial charge in [-0.3, -0.25) is 0 Å². The second kappa shape index (κ2) is 12.4. The summed E-state index contributed by atoms with van der Waals surface area (Å²) in [6, 6.07) is 55.4. The van der Waals surface area contributed by atoms with E-state index in [9.17, 15) is 0 Å². The Morgan fingerprint density at radius 3 is 2.35 bits per heavy atom. The first-order valence-corrected chi connectivity index (χ1v) is 18.8. The first kappa shape index (κ1) is 30.8. The highest BCUT2D eigenvalue weighted by atomic mass is 16.3. The summed E-state index contributed by atoms with van der Waals surface area (Å²) in [5, 5.41) is 4.78. The number of benzene rings is 7. The Kier molecular flexibility index (Phi) is 7.06. The van der Waals surface area contributed by atoms with Crippen molar-refractivity contribution in [3.8, 4) is 22.3 Å². The fraction of sp³-hybridized carbons (Fsp3) is 0.0588. The molecule has 0 N–H and O–H groups in total. The molecule has 0 saturated carbocycles. The van der Waals surface area contributed by atoms with Gasteiger partial charge in [-0.05, 0) is 100 Å². The summed E-state index contributed by atoms with van der Waals surface area (Å²) in [7, 11) is 0. The van der Waals surface area contributed by atoms with Gasteiger partial charge in [-0.1, -0.05) is 127 Å². The predicted octanol–water partition coefficient (Wildman–Crippen LogP) is 13.8. The van der Waals surface area contributed by atoms with Gasteiger partial charge in [-0.25, -0.2) is 0 Å². The molecule has 1 aromatic heterocycles. The lowest BCUT2D eigenvalue weighted by Crippen LogP contribution is -2.28. The molecule has 3 nitrogen and oxygen atoms in total. The molecule has 2 aliphatic carbocycles. The molecular formula is C51H36N2O. The van der Waals surface area contributed by atoms with Crippen molar-refractivity contribution in [3.63, 3.8) is 0 Å². The normalized spacial score (nSPS) is 17.0. The van der Waals surface area contributed by atoms with Gasteiger partial charge in [0.15, 0.2) is 0 Å². The van der Waals surface area contributed by atoms with Gasteiger partial charge in [-0.15, -0.1) is 0 Å². The van der Waals surface area contributed by atoms with Gasteiger partial charge in [-0.2, -0.15) is 0 Å². The maximum atomic E-state index is 6.33. The number of fused-ring (bicyclic) bond motifs is 7. The van der Waals surface area contributed by atoms with Gasteiger partial charge >= 0.3 is 0 Å². The molecule has 0 amide bonds. The third-order valence-corrected chi connectivity index (χ3v) is 11.3. The van der Waals surface area contributed by atoms with E-state index in [0.29, 0.717) is 0 Å². The van der Waals surface area contributed by atoms with Crippen molar-refractivity contribution in [1.82, 2.24) is 0 Å². The Balaban J connectivity index is 0.986. The lowest BCUT2D eigenvalue weighted by atomic mass is 9.89. The molecule has 3 aliphatic rings. The van der Waals surface area contributed by atoms with Gasteiger partial charge in [0.25, 0.3) is 0 Å². The van der Waals surface area contributed by atoms with Crippen LogP contribution in [-0.2, 0) is 0 Å². The fourth-order valence-electron chi connectivity index (χ4n) is 8.82. The molecular weight excluding hydrogens is 657 g/mol. The lowest BCUT2D eigenvalue weighted by molar-refractivity contribution is 0.668. The minimum Gasteiger partial charge on any atom is -0.456 e. The van der Waals surface area contributed by atoms with Crippen molar-refractivity contribution in [2.24, 2.45) is 0 Å². The lowest BCUT2D eigenvalue weighted by Gasteiger charge is -2.28. The Morgan fingerprint density at radius 1 is 0.593 bits per heavy atom. The second-order valence-electron chi connectivity index (χ2n) is 14.4. The van der Waals surface area contributed by atoms with Gasteiger partial charge in [0.05, 0.1) is 11.7 Å². The smallest absolute Gasteiger partial charge is 0.137 e. The highest BCUT2D eigenvalue weighted by molar-refractivity contribution is 6.06. The summed E-state index contributed by atoms with van der Waals surface area (Å²) in [6.45, 7) is 0. The summed E-state index contributed by atoms with van der Waals surface area (Å²) in [6.07, 6.45) is 16.8. The number of rotatable bonds is 6. The number of allylic oxidation sites excluding steroid dienone is 5. The van der Waals surface area contributed by atoms with E-state index in [2.05, 4.69) is 192 Å². The predicted molar refractivity (Wildman–Crippen MR) is 226 cm³/mol. The van der Waals surface area contributed by atoms with Crippen LogP contribution in [0.1, 0.15) is 17.9 Å². The molecule has 0 saturated heterocycles. The zero-order valence-electron chi connectivity index (χ0n) is 29.6. The highest BCUT2D eigenvalue weighted by Crippen LogP contribution is 2.50. The molecule has 0 radical (unpaired) electrons. The minimum atomic E-state index is 0.195. The fourth-order valence-corrected chi connectivity index (χ4v) is 8.82. The van der Waals surface area contributed by atoms with E-state index < -0.39 is 0 Å². The van der Waals surface area contributed by atoms with E-state index in [4.69, 9.17) is 4.42 Å². The first-order chi connectivity index (χ1) is 26.8. The molecule has 8 aromatic rings. The van der Waals surface area contributed by atoms with Gasteiger partial charge < -0.3 is 14.2 Å². The largest absolute Gasteiger partial charge is 0.456 e. The van der Waals surface area contributed by atoms with Gasteiger partial charge in [0.1, 0.15) is 11.2 Å². The topological polar surface area (TPSA) is 19.6 Å². The molecule has 2 atom stereocenters. The molecule has 7 aromatic carbocycles. The van der Waals surface area contributed by atoms with Crippen molar-refractivity contribution in [2.45, 2.75) is 18.4 Å². The third-order valence-electron chi connectivity index (χ3n) is 11.3. The van der Waals surface area contributed by atoms with E-state index in [0.717, 1.165) is 45.4 Å². The van der Waals surface area contributed by atoms with Crippen LogP contribution in [0.4, 0.5) is 22.7 Å². The SMILES string of the molecule is C1=CC2c3cc(-c4cccc(-c5ccccc5N(C5=CCC=C5)c5ccc6ccccc6c5)c4)ccc3N(c3ccc4c(c3)oc3ccccc34)C2C=C1. The average molecular weight is 693 g/mol. The Morgan fingerprint density at radius 2 is 1.41 bits per heavy atom. The third kappa shape index (κ3) is 4.97. The Labute approximate surface area is 314 Å². The van der Waals surface area contributed by atoms with Crippen LogP contribution in [0.15, 0.2) is 204 Å². The maximum absolute atomic E-state index is 6.33. The Hall–Kier alpha value is -6.84. The molecule has 0 spiro atoms. The molecule has 2 heterocycles. The van der Waals surface area contributed by atoms with Crippen LogP contribution in [0.25, 0.3) is 55.0 Å². The van der Waals surface area contributed by atoms with Crippen molar-refractivity contribution < 1.29 is 4.42 Å². The van der Waals surface area contributed by atoms with E-state index >= 15 is 0 Å². The number of hydrogen-bond acceptors (Lipinski definition) is 3. The summed E-state index contributed by atoms with van der Waals surface area (Å²) < 4.78 is 6.33. The zero-order valence-corrected chi connectivity index (χ0v) is 29.6. The van der Waals surface area contributed by atoms with Crippen molar-refractivity contribution in [3.05, 3.63) is 205 Å². The zero-order chi connectivity index (χ0) is 35.6. The van der Waals surface area contributed by atoms with Crippen LogP contribution in [0, 0.1) is 0 Å². The van der Waals surface area contributed by atoms with Crippen LogP contribution in [-0.4, -0.2) is 6.04 Å². The van der Waals surface area contributed by atoms with Gasteiger partial charge in [0.2, 0.25) is 0 Å². The first-order valence-electron chi connectivity index (χ1n) is 18.8. The number of furan rings is 1. The van der Waals surface area contributed by atoms with Crippen LogP contribution < -0.4 is 9.80 Å². The molecule has 54 heavy (non-hydrogen) atoms. The monoisotopic (exact) mass is 692 g/mol. The summed E-state index contributed by atoms with van der Waals surface area (Å²) >= 11 is 0. The van der Waals surface area contributed by atoms with E-state index in [1.54, 1.807) is 0 Å². The van der Waals surface area contributed by atoms with Crippen molar-refractivity contribution >= 4 is 55.5 Å². The van der Waals surface area contributed by atoms with Crippen LogP contribution >= 0.6 is 0 Å². The molecule has 2 unspecified atom stereocenters. The van der Waals surface area contributed by atoms with Crippen molar-refractivity contribution in [1.29, 1.82) is 0 Å². The summed E-state index contributed by atoms with van der Waals surface area (Å²) in [4.78, 5) is 4.89. The highest BCUT2D eigenvalue weighted by Gasteiger charge is 2.37. The average Bonchev–Trinajstić information content (AvgIpc) is 3.97. The van der Waals surface area contributed by atoms with Crippen LogP contribution in [0.3, 0.4) is 0 Å². The molecule has 256 valence electrons. The summed E-state index contributed by atoms with van der Waals surface area (Å²) in [5.41, 5.74) is 13.9. The summed E-state index contributed by atoms with van der Waals surface area (Å²) in [5.74, 6) is 0.253. The van der Waals surface area contributed by atoms with Crippen LogP contribution in [0.2, 0.25) is 0 Å². The van der Waals surface area contributed by atoms with E-state index in [1.165, 1.54) is 50.0 Å². The quantitative estimate of drug-likeness (QED) is 0.173. The number of anilines is 4. The van der Waals surface area contributed by atoms with Crippen LogP contribution in [0.5, 0.6) is 0 Å². The maximum Gasteiger partial charge on any atom is 0.137 e. The Bertz CT molecular complexity index is 2900. The van der Waals surface area contributed by atoms with Gasteiger partial charge in [0, 0.05) is 51.1 Å². The molecule has 0 bridgehead atoms. The van der Waals surface area contributed by atoms with Crippen molar-refractivity contribution in [2.75, 3.05) is 9.80 Å². The molecule has 3 heteroatoms. The standard InChI is InChI=1S/C51H36N2O/c1-2-13-36-31-40(26-24-34(36)12-1)52(39-16-3-4-17-39)47-21-8-5-18-42(47)38-15-11-14-35(30-38)37-25-29-49-46(32-37)43-19-6-9-22-48(43)53(49)41-27-28-45-44-20-7-10-23-50(44)54-51(45)33-41/h1-3,5-33,43,48H,4H2. The minimum absolute atomic E-state index is 0.195. The number of nitrogens with zero attached hydrogens (tertiary/aromatic N) is 2. The van der Waals surface area contributed by atoms with E-state index in [-0.39, 0.29) is 12.0 Å². The molecule has 1 aliphatic heterocycles. The van der Waals surface area contributed by atoms with E-state index in [1.807, 2.05) is 12.1 Å². The number of para-hydroxylation sites is 2. The number of hydrogen-bond donors (Lipinski definition) is 0. The second-order valence-corrected chi connectivity index (χ2v) is 14.4.